The van der Waals surface area contributed by atoms with Crippen LogP contribution in [0.15, 0.2) is 42.5 Å². The molecule has 168 valence electrons. The van der Waals surface area contributed by atoms with Crippen LogP contribution in [-0.2, 0) is 11.3 Å². The number of hydrogen-bond donors (Lipinski definition) is 4. The Morgan fingerprint density at radius 2 is 2.09 bits per heavy atom. The molecule has 3 aromatic rings. The van der Waals surface area contributed by atoms with E-state index in [1.165, 1.54) is 17.6 Å². The summed E-state index contributed by atoms with van der Waals surface area (Å²) in [5.41, 5.74) is 5.80. The van der Waals surface area contributed by atoms with Crippen LogP contribution in [0.5, 0.6) is 5.75 Å². The molecule has 0 radical (unpaired) electrons. The van der Waals surface area contributed by atoms with Gasteiger partial charge < -0.3 is 15.0 Å². The summed E-state index contributed by atoms with van der Waals surface area (Å²) >= 11 is 0. The lowest BCUT2D eigenvalue weighted by atomic mass is 9.89. The van der Waals surface area contributed by atoms with Crippen LogP contribution in [0.1, 0.15) is 36.1 Å². The van der Waals surface area contributed by atoms with Gasteiger partial charge in [0.1, 0.15) is 17.4 Å². The summed E-state index contributed by atoms with van der Waals surface area (Å²) in [6.45, 7) is 1.92. The van der Waals surface area contributed by atoms with E-state index in [1.54, 1.807) is 18.2 Å². The van der Waals surface area contributed by atoms with Crippen molar-refractivity contribution < 1.29 is 23.5 Å². The van der Waals surface area contributed by atoms with Gasteiger partial charge in [-0.15, -0.1) is 0 Å². The first-order valence-electron chi connectivity index (χ1n) is 10.5. The minimum Gasteiger partial charge on any atom is -0.484 e. The Hall–Kier alpha value is -3.23. The van der Waals surface area contributed by atoms with Crippen LogP contribution >= 0.6 is 0 Å². The van der Waals surface area contributed by atoms with Crippen LogP contribution in [0.4, 0.5) is 8.78 Å². The van der Waals surface area contributed by atoms with E-state index >= 15 is 0 Å². The number of amides is 1. The molecule has 0 saturated heterocycles. The van der Waals surface area contributed by atoms with Gasteiger partial charge in [0.05, 0.1) is 0 Å². The first-order chi connectivity index (χ1) is 15.5. The Kier molecular flexibility index (Phi) is 6.53. The van der Waals surface area contributed by atoms with Gasteiger partial charge in [-0.05, 0) is 50.0 Å². The Balaban J connectivity index is 1.38. The van der Waals surface area contributed by atoms with Gasteiger partial charge in [-0.25, -0.2) is 14.3 Å². The third kappa shape index (κ3) is 4.66. The summed E-state index contributed by atoms with van der Waals surface area (Å²) in [6.07, 6.45) is 4.59. The number of hydroxylamine groups is 1. The van der Waals surface area contributed by atoms with Crippen molar-refractivity contribution in [3.8, 4) is 5.75 Å². The second-order valence-corrected chi connectivity index (χ2v) is 7.95. The van der Waals surface area contributed by atoms with Gasteiger partial charge in [0.2, 0.25) is 0 Å². The molecule has 1 amide bonds. The van der Waals surface area contributed by atoms with Gasteiger partial charge >= 0.3 is 0 Å². The minimum absolute atomic E-state index is 0.192. The molecular weight excluding hydrogens is 416 g/mol. The maximum absolute atomic E-state index is 14.4. The van der Waals surface area contributed by atoms with Crippen LogP contribution in [0.3, 0.4) is 0 Å². The van der Waals surface area contributed by atoms with Crippen LogP contribution < -0.4 is 15.5 Å². The van der Waals surface area contributed by atoms with Crippen molar-refractivity contribution in [2.24, 2.45) is 0 Å². The number of ether oxygens (including phenoxy) is 1. The topological polar surface area (TPSA) is 86.4 Å². The number of halogens is 2. The number of aryl methyl sites for hydroxylation is 1. The third-order valence-corrected chi connectivity index (χ3v) is 5.79. The molecule has 0 fully saturated rings. The Morgan fingerprint density at radius 1 is 1.25 bits per heavy atom. The molecule has 0 aliphatic heterocycles. The molecule has 1 aliphatic rings. The van der Waals surface area contributed by atoms with Crippen molar-refractivity contribution >= 4 is 22.4 Å². The Labute approximate surface area is 184 Å². The summed E-state index contributed by atoms with van der Waals surface area (Å²) in [7, 11) is 0. The number of nitrogens with one attached hydrogen (secondary N) is 3. The highest BCUT2D eigenvalue weighted by Crippen LogP contribution is 2.35. The van der Waals surface area contributed by atoms with Crippen molar-refractivity contribution in [2.45, 2.75) is 38.8 Å². The van der Waals surface area contributed by atoms with Crippen LogP contribution in [0, 0.1) is 18.6 Å². The summed E-state index contributed by atoms with van der Waals surface area (Å²) in [5, 5.41) is 12.5. The Morgan fingerprint density at radius 3 is 2.81 bits per heavy atom. The third-order valence-electron chi connectivity index (χ3n) is 5.79. The number of fused-ring (bicyclic) bond motifs is 1. The number of rotatable bonds is 7. The van der Waals surface area contributed by atoms with E-state index in [1.807, 2.05) is 13.0 Å². The van der Waals surface area contributed by atoms with Crippen molar-refractivity contribution in [3.63, 3.8) is 0 Å². The number of hydrogen-bond acceptors (Lipinski definition) is 4. The number of allylic oxidation sites excluding steroid dienone is 1. The van der Waals surface area contributed by atoms with E-state index in [-0.39, 0.29) is 17.6 Å². The number of benzene rings is 2. The SMILES string of the molecule is Cc1[nH]c2cccc(F)c2c1C1=CCC(NCc2ccc(OCC(=O)NO)cc2F)CC1. The maximum Gasteiger partial charge on any atom is 0.281 e. The van der Waals surface area contributed by atoms with Gasteiger partial charge in [0.25, 0.3) is 5.91 Å². The fourth-order valence-corrected chi connectivity index (χ4v) is 4.18. The predicted octanol–water partition coefficient (Wildman–Crippen LogP) is 4.36. The number of aromatic amines is 1. The fourth-order valence-electron chi connectivity index (χ4n) is 4.18. The monoisotopic (exact) mass is 441 g/mol. The smallest absolute Gasteiger partial charge is 0.281 e. The molecule has 0 spiro atoms. The lowest BCUT2D eigenvalue weighted by Gasteiger charge is -2.24. The summed E-state index contributed by atoms with van der Waals surface area (Å²) in [6, 6.07) is 9.67. The second kappa shape index (κ2) is 9.50. The second-order valence-electron chi connectivity index (χ2n) is 7.95. The first-order valence-corrected chi connectivity index (χ1v) is 10.5. The molecule has 1 atom stereocenters. The van der Waals surface area contributed by atoms with Gasteiger partial charge in [0, 0.05) is 46.4 Å². The highest BCUT2D eigenvalue weighted by atomic mass is 19.1. The van der Waals surface area contributed by atoms with E-state index in [4.69, 9.17) is 9.94 Å². The molecule has 1 unspecified atom stereocenters. The van der Waals surface area contributed by atoms with Gasteiger partial charge in [-0.3, -0.25) is 10.0 Å². The van der Waals surface area contributed by atoms with Crippen LogP contribution in [0.2, 0.25) is 0 Å². The summed E-state index contributed by atoms with van der Waals surface area (Å²) in [4.78, 5) is 14.3. The molecule has 1 heterocycles. The quantitative estimate of drug-likeness (QED) is 0.324. The predicted molar refractivity (Wildman–Crippen MR) is 117 cm³/mol. The molecule has 32 heavy (non-hydrogen) atoms. The van der Waals surface area contributed by atoms with E-state index in [9.17, 15) is 13.6 Å². The Bertz CT molecular complexity index is 1170. The molecule has 1 aromatic heterocycles. The van der Waals surface area contributed by atoms with Crippen LogP contribution in [0.25, 0.3) is 16.5 Å². The average molecular weight is 441 g/mol. The van der Waals surface area contributed by atoms with Crippen molar-refractivity contribution in [1.82, 2.24) is 15.8 Å². The molecule has 4 rings (SSSR count). The lowest BCUT2D eigenvalue weighted by molar-refractivity contribution is -0.131. The zero-order valence-electron chi connectivity index (χ0n) is 17.7. The molecule has 4 N–H and O–H groups in total. The molecule has 1 aliphatic carbocycles. The van der Waals surface area contributed by atoms with Gasteiger partial charge in [0.15, 0.2) is 6.61 Å². The number of aromatic nitrogens is 1. The zero-order chi connectivity index (χ0) is 22.7. The van der Waals surface area contributed by atoms with Crippen molar-refractivity contribution in [1.29, 1.82) is 0 Å². The van der Waals surface area contributed by atoms with E-state index in [2.05, 4.69) is 16.4 Å². The highest BCUT2D eigenvalue weighted by molar-refractivity contribution is 5.94. The van der Waals surface area contributed by atoms with Crippen molar-refractivity contribution in [3.05, 3.63) is 70.9 Å². The zero-order valence-corrected chi connectivity index (χ0v) is 17.7. The average Bonchev–Trinajstić information content (AvgIpc) is 3.14. The van der Waals surface area contributed by atoms with Gasteiger partial charge in [-0.2, -0.15) is 0 Å². The molecule has 0 bridgehead atoms. The largest absolute Gasteiger partial charge is 0.484 e. The molecular formula is C24H25F2N3O3. The van der Waals surface area contributed by atoms with E-state index in [0.717, 1.165) is 41.6 Å². The van der Waals surface area contributed by atoms with Gasteiger partial charge in [-0.1, -0.05) is 18.2 Å². The maximum atomic E-state index is 14.4. The fraction of sp³-hybridized carbons (Fsp3) is 0.292. The molecule has 8 heteroatoms. The summed E-state index contributed by atoms with van der Waals surface area (Å²) in [5.74, 6) is -1.16. The van der Waals surface area contributed by atoms with E-state index in [0.29, 0.717) is 17.5 Å². The summed E-state index contributed by atoms with van der Waals surface area (Å²) < 4.78 is 33.9. The standard InChI is InChI=1S/C24H25F2N3O3/c1-14-23(24-19(25)3-2-4-21(24)28-14)15-5-8-17(9-6-15)27-12-16-7-10-18(11-20(16)26)32-13-22(30)29-31/h2-5,7,10-11,17,27-28,31H,6,8-9,12-13H2,1H3,(H,29,30). The minimum atomic E-state index is -0.716. The molecule has 0 saturated carbocycles. The first kappa shape index (κ1) is 22.0. The molecule has 2 aromatic carbocycles. The normalized spacial score (nSPS) is 16.1. The van der Waals surface area contributed by atoms with E-state index < -0.39 is 18.3 Å². The molecule has 6 nitrogen and oxygen atoms in total. The highest BCUT2D eigenvalue weighted by Gasteiger charge is 2.21. The van der Waals surface area contributed by atoms with Crippen LogP contribution in [-0.4, -0.2) is 28.7 Å². The van der Waals surface area contributed by atoms with Crippen molar-refractivity contribution in [2.75, 3.05) is 6.61 Å². The number of H-pyrrole nitrogens is 1. The number of carbonyl (C=O) groups excluding carboxylic acids is 1. The number of carbonyl (C=O) groups is 1. The lowest BCUT2D eigenvalue weighted by Crippen LogP contribution is -2.30.